The van der Waals surface area contributed by atoms with E-state index < -0.39 is 47.8 Å². The van der Waals surface area contributed by atoms with E-state index in [1.165, 1.54) is 13.3 Å². The van der Waals surface area contributed by atoms with E-state index in [2.05, 4.69) is 4.74 Å². The molecule has 0 heterocycles. The van der Waals surface area contributed by atoms with Gasteiger partial charge in [0, 0.05) is 0 Å². The van der Waals surface area contributed by atoms with Crippen LogP contribution in [0.4, 0.5) is 26.3 Å². The Labute approximate surface area is 183 Å². The van der Waals surface area contributed by atoms with Gasteiger partial charge in [0.05, 0.1) is 5.41 Å². The molecule has 4 aliphatic carbocycles. The van der Waals surface area contributed by atoms with Gasteiger partial charge in [-0.1, -0.05) is 13.8 Å². The predicted molar refractivity (Wildman–Crippen MR) is 101 cm³/mol. The summed E-state index contributed by atoms with van der Waals surface area (Å²) in [6.45, 7) is 3.92. The Balaban J connectivity index is 1.72. The first-order valence-electron chi connectivity index (χ1n) is 11.2. The molecule has 1 atom stereocenters. The molecule has 4 saturated carbocycles. The largest absolute Gasteiger partial charge is 0.464 e. The van der Waals surface area contributed by atoms with Crippen LogP contribution in [0.1, 0.15) is 65.7 Å². The molecule has 184 valence electrons. The van der Waals surface area contributed by atoms with Gasteiger partial charge in [0.1, 0.15) is 12.2 Å². The highest BCUT2D eigenvalue weighted by Crippen LogP contribution is 2.61. The Bertz CT molecular complexity index is 689. The molecule has 0 saturated heterocycles. The summed E-state index contributed by atoms with van der Waals surface area (Å²) in [5.74, 6) is -5.80. The number of hydrogen-bond donors (Lipinski definition) is 0. The SMILES string of the molecule is CCC(C)(COC(=O)C(C(F)(F)F)C(F)(F)F)C(=O)OC1(CC)C2CC3CC(C2)CC1C3. The smallest absolute Gasteiger partial charge is 0.411 e. The third kappa shape index (κ3) is 4.47. The Morgan fingerprint density at radius 3 is 1.75 bits per heavy atom. The van der Waals surface area contributed by atoms with Crippen LogP contribution in [0, 0.1) is 35.0 Å². The van der Waals surface area contributed by atoms with Gasteiger partial charge in [-0.15, -0.1) is 0 Å². The highest BCUT2D eigenvalue weighted by molar-refractivity contribution is 5.78. The third-order valence-corrected chi connectivity index (χ3v) is 8.05. The molecule has 4 fully saturated rings. The van der Waals surface area contributed by atoms with Gasteiger partial charge in [0.2, 0.25) is 5.92 Å². The molecule has 0 aromatic heterocycles. The van der Waals surface area contributed by atoms with Crippen molar-refractivity contribution in [2.24, 2.45) is 35.0 Å². The summed E-state index contributed by atoms with van der Waals surface area (Å²) < 4.78 is 87.2. The van der Waals surface area contributed by atoms with Gasteiger partial charge in [0.25, 0.3) is 0 Å². The van der Waals surface area contributed by atoms with Crippen molar-refractivity contribution in [1.29, 1.82) is 0 Å². The van der Waals surface area contributed by atoms with Crippen molar-refractivity contribution in [3.8, 4) is 0 Å². The van der Waals surface area contributed by atoms with Gasteiger partial charge >= 0.3 is 24.3 Å². The molecule has 0 radical (unpaired) electrons. The van der Waals surface area contributed by atoms with E-state index in [0.717, 1.165) is 25.7 Å². The minimum atomic E-state index is -5.84. The van der Waals surface area contributed by atoms with E-state index in [4.69, 9.17) is 4.74 Å². The normalized spacial score (nSPS) is 33.8. The summed E-state index contributed by atoms with van der Waals surface area (Å²) >= 11 is 0. The van der Waals surface area contributed by atoms with E-state index in [1.54, 1.807) is 6.92 Å². The lowest BCUT2D eigenvalue weighted by Crippen LogP contribution is -2.60. The van der Waals surface area contributed by atoms with Gasteiger partial charge < -0.3 is 9.47 Å². The van der Waals surface area contributed by atoms with Gasteiger partial charge in [-0.05, 0) is 75.5 Å². The maximum atomic E-state index is 13.2. The maximum absolute atomic E-state index is 13.2. The first-order valence-corrected chi connectivity index (χ1v) is 11.2. The molecule has 0 N–H and O–H groups in total. The second-order valence-corrected chi connectivity index (χ2v) is 10.0. The van der Waals surface area contributed by atoms with Crippen molar-refractivity contribution in [2.75, 3.05) is 6.61 Å². The summed E-state index contributed by atoms with van der Waals surface area (Å²) in [6, 6.07) is 0. The van der Waals surface area contributed by atoms with Crippen molar-refractivity contribution in [1.82, 2.24) is 0 Å². The molecule has 0 aliphatic heterocycles. The van der Waals surface area contributed by atoms with Crippen molar-refractivity contribution in [2.45, 2.75) is 83.7 Å². The maximum Gasteiger partial charge on any atom is 0.411 e. The zero-order valence-electron chi connectivity index (χ0n) is 18.4. The number of halogens is 6. The van der Waals surface area contributed by atoms with Crippen molar-refractivity contribution in [3.05, 3.63) is 0 Å². The predicted octanol–water partition coefficient (Wildman–Crippen LogP) is 5.83. The van der Waals surface area contributed by atoms with Crippen LogP contribution in [0.3, 0.4) is 0 Å². The lowest BCUT2D eigenvalue weighted by molar-refractivity contribution is -0.282. The van der Waals surface area contributed by atoms with E-state index in [-0.39, 0.29) is 18.3 Å². The van der Waals surface area contributed by atoms with Crippen LogP contribution in [-0.2, 0) is 19.1 Å². The molecule has 0 aromatic rings. The van der Waals surface area contributed by atoms with Crippen LogP contribution in [0.2, 0.25) is 0 Å². The summed E-state index contributed by atoms with van der Waals surface area (Å²) in [7, 11) is 0. The molecular formula is C22H30F6O4. The van der Waals surface area contributed by atoms with Crippen LogP contribution in [-0.4, -0.2) is 36.5 Å². The third-order valence-electron chi connectivity index (χ3n) is 8.05. The quantitative estimate of drug-likeness (QED) is 0.345. The molecule has 4 rings (SSSR count). The monoisotopic (exact) mass is 472 g/mol. The van der Waals surface area contributed by atoms with Crippen LogP contribution < -0.4 is 0 Å². The minimum Gasteiger partial charge on any atom is -0.464 e. The molecule has 0 aromatic carbocycles. The number of esters is 2. The first-order chi connectivity index (χ1) is 14.7. The summed E-state index contributed by atoms with van der Waals surface area (Å²) in [5.41, 5.74) is -2.22. The topological polar surface area (TPSA) is 52.6 Å². The van der Waals surface area contributed by atoms with E-state index in [0.29, 0.717) is 18.3 Å². The molecular weight excluding hydrogens is 442 g/mol. The van der Waals surface area contributed by atoms with Crippen LogP contribution in [0.15, 0.2) is 0 Å². The zero-order valence-corrected chi connectivity index (χ0v) is 18.4. The van der Waals surface area contributed by atoms with Crippen molar-refractivity contribution in [3.63, 3.8) is 0 Å². The van der Waals surface area contributed by atoms with Crippen LogP contribution in [0.25, 0.3) is 0 Å². The summed E-state index contributed by atoms with van der Waals surface area (Å²) in [4.78, 5) is 24.9. The average molecular weight is 472 g/mol. The van der Waals surface area contributed by atoms with Gasteiger partial charge in [0.15, 0.2) is 0 Å². The number of ether oxygens (including phenoxy) is 2. The van der Waals surface area contributed by atoms with E-state index >= 15 is 0 Å². The lowest BCUT2D eigenvalue weighted by atomic mass is 9.49. The second kappa shape index (κ2) is 8.38. The number of carbonyl (C=O) groups excluding carboxylic acids is 2. The summed E-state index contributed by atoms with van der Waals surface area (Å²) in [6.07, 6.45) is -6.01. The van der Waals surface area contributed by atoms with Crippen molar-refractivity contribution >= 4 is 11.9 Å². The fraction of sp³-hybridized carbons (Fsp3) is 0.909. The molecule has 32 heavy (non-hydrogen) atoms. The zero-order chi connectivity index (χ0) is 24.1. The van der Waals surface area contributed by atoms with E-state index in [1.807, 2.05) is 6.92 Å². The Kier molecular flexibility index (Phi) is 6.59. The van der Waals surface area contributed by atoms with Gasteiger partial charge in [-0.3, -0.25) is 9.59 Å². The van der Waals surface area contributed by atoms with Crippen molar-refractivity contribution < 1.29 is 45.4 Å². The van der Waals surface area contributed by atoms with Gasteiger partial charge in [-0.2, -0.15) is 26.3 Å². The summed E-state index contributed by atoms with van der Waals surface area (Å²) in [5, 5.41) is 0. The fourth-order valence-corrected chi connectivity index (χ4v) is 6.17. The number of rotatable bonds is 7. The Morgan fingerprint density at radius 1 is 0.906 bits per heavy atom. The minimum absolute atomic E-state index is 0.0300. The fourth-order valence-electron chi connectivity index (χ4n) is 6.17. The number of alkyl halides is 6. The number of carbonyl (C=O) groups is 2. The average Bonchev–Trinajstić information content (AvgIpc) is 2.66. The second-order valence-electron chi connectivity index (χ2n) is 10.0. The first kappa shape index (κ1) is 25.1. The molecule has 1 unspecified atom stereocenters. The molecule has 10 heteroatoms. The molecule has 4 nitrogen and oxygen atoms in total. The molecule has 0 spiro atoms. The molecule has 4 bridgehead atoms. The highest BCUT2D eigenvalue weighted by Gasteiger charge is 2.63. The van der Waals surface area contributed by atoms with Crippen LogP contribution in [0.5, 0.6) is 0 Å². The van der Waals surface area contributed by atoms with Crippen LogP contribution >= 0.6 is 0 Å². The molecule has 0 amide bonds. The Morgan fingerprint density at radius 2 is 1.38 bits per heavy atom. The standard InChI is InChI=1S/C22H30F6O4/c1-4-19(3,11-31-17(29)16(21(23,24)25)22(26,27)28)18(30)32-20(5-2)14-7-12-6-13(9-14)10-15(20)8-12/h12-16H,4-11H2,1-3H3. The highest BCUT2D eigenvalue weighted by atomic mass is 19.4. The molecule has 4 aliphatic rings. The number of hydrogen-bond acceptors (Lipinski definition) is 4. The van der Waals surface area contributed by atoms with E-state index in [9.17, 15) is 35.9 Å². The lowest BCUT2D eigenvalue weighted by Gasteiger charge is -2.60. The Hall–Kier alpha value is -1.48. The van der Waals surface area contributed by atoms with Gasteiger partial charge in [-0.25, -0.2) is 0 Å².